The molecule has 3 nitrogen and oxygen atoms in total. The Morgan fingerprint density at radius 2 is 2.25 bits per heavy atom. The third-order valence-corrected chi connectivity index (χ3v) is 5.41. The van der Waals surface area contributed by atoms with Crippen molar-refractivity contribution in [2.24, 2.45) is 17.8 Å². The molecular formula is C17H23N3. The van der Waals surface area contributed by atoms with Crippen LogP contribution < -0.4 is 5.32 Å². The normalized spacial score (nSPS) is 28.6. The lowest BCUT2D eigenvalue weighted by molar-refractivity contribution is 0.318. The molecule has 2 fully saturated rings. The summed E-state index contributed by atoms with van der Waals surface area (Å²) >= 11 is 0. The van der Waals surface area contributed by atoms with E-state index in [-0.39, 0.29) is 0 Å². The molecule has 2 bridgehead atoms. The van der Waals surface area contributed by atoms with Gasteiger partial charge in [-0.15, -0.1) is 0 Å². The van der Waals surface area contributed by atoms with Crippen LogP contribution in [-0.2, 0) is 6.54 Å². The molecule has 2 saturated carbocycles. The summed E-state index contributed by atoms with van der Waals surface area (Å²) in [5.74, 6) is 2.98. The molecule has 3 heteroatoms. The fourth-order valence-electron chi connectivity index (χ4n) is 4.38. The summed E-state index contributed by atoms with van der Waals surface area (Å²) in [6.45, 7) is 4.23. The highest BCUT2D eigenvalue weighted by Gasteiger charge is 2.38. The molecule has 0 aromatic carbocycles. The molecule has 3 atom stereocenters. The molecule has 4 rings (SSSR count). The predicted molar refractivity (Wildman–Crippen MR) is 80.6 cm³/mol. The van der Waals surface area contributed by atoms with Crippen LogP contribution >= 0.6 is 0 Å². The van der Waals surface area contributed by atoms with Crippen molar-refractivity contribution in [1.82, 2.24) is 14.7 Å². The molecule has 0 radical (unpaired) electrons. The quantitative estimate of drug-likeness (QED) is 0.923. The van der Waals surface area contributed by atoms with E-state index in [9.17, 15) is 0 Å². The minimum atomic E-state index is 0.924. The first-order valence-electron chi connectivity index (χ1n) is 7.94. The van der Waals surface area contributed by atoms with Gasteiger partial charge in [0.15, 0.2) is 0 Å². The summed E-state index contributed by atoms with van der Waals surface area (Å²) in [6.07, 6.45) is 8.05. The SMILES string of the molecule is Cc1nc2ccccn2c1CNCC1CC2CCC1C2. The molecule has 1 N–H and O–H groups in total. The summed E-state index contributed by atoms with van der Waals surface area (Å²) in [5, 5.41) is 3.69. The van der Waals surface area contributed by atoms with Crippen LogP contribution in [0.2, 0.25) is 0 Å². The van der Waals surface area contributed by atoms with E-state index in [0.717, 1.165) is 35.6 Å². The van der Waals surface area contributed by atoms with Gasteiger partial charge < -0.3 is 9.72 Å². The highest BCUT2D eigenvalue weighted by atomic mass is 15.0. The zero-order valence-electron chi connectivity index (χ0n) is 12.2. The second-order valence-electron chi connectivity index (χ2n) is 6.64. The molecule has 0 amide bonds. The van der Waals surface area contributed by atoms with Crippen molar-refractivity contribution in [2.75, 3.05) is 6.54 Å². The molecule has 2 aromatic heterocycles. The van der Waals surface area contributed by atoms with Crippen LogP contribution in [0.5, 0.6) is 0 Å². The van der Waals surface area contributed by atoms with Gasteiger partial charge in [0.1, 0.15) is 5.65 Å². The van der Waals surface area contributed by atoms with Gasteiger partial charge in [0.2, 0.25) is 0 Å². The highest BCUT2D eigenvalue weighted by molar-refractivity contribution is 5.42. The van der Waals surface area contributed by atoms with Crippen molar-refractivity contribution in [1.29, 1.82) is 0 Å². The fourth-order valence-corrected chi connectivity index (χ4v) is 4.38. The van der Waals surface area contributed by atoms with E-state index in [4.69, 9.17) is 0 Å². The molecule has 0 spiro atoms. The number of imidazole rings is 1. The first-order chi connectivity index (χ1) is 9.81. The second-order valence-corrected chi connectivity index (χ2v) is 6.64. The maximum Gasteiger partial charge on any atom is 0.137 e. The molecular weight excluding hydrogens is 246 g/mol. The minimum absolute atomic E-state index is 0.924. The van der Waals surface area contributed by atoms with Crippen LogP contribution in [0.25, 0.3) is 5.65 Å². The molecule has 0 aliphatic heterocycles. The molecule has 3 unspecified atom stereocenters. The van der Waals surface area contributed by atoms with E-state index < -0.39 is 0 Å². The van der Waals surface area contributed by atoms with Crippen LogP contribution in [0.1, 0.15) is 37.1 Å². The molecule has 2 heterocycles. The Labute approximate surface area is 120 Å². The molecule has 2 aliphatic carbocycles. The number of pyridine rings is 1. The number of aryl methyl sites for hydroxylation is 1. The number of nitrogens with zero attached hydrogens (tertiary/aromatic N) is 2. The van der Waals surface area contributed by atoms with Gasteiger partial charge in [-0.1, -0.05) is 12.5 Å². The topological polar surface area (TPSA) is 29.3 Å². The maximum atomic E-state index is 4.62. The van der Waals surface area contributed by atoms with Gasteiger partial charge >= 0.3 is 0 Å². The Morgan fingerprint density at radius 3 is 3.05 bits per heavy atom. The lowest BCUT2D eigenvalue weighted by Crippen LogP contribution is -2.26. The fraction of sp³-hybridized carbons (Fsp3) is 0.588. The number of fused-ring (bicyclic) bond motifs is 3. The lowest BCUT2D eigenvalue weighted by Gasteiger charge is -2.21. The van der Waals surface area contributed by atoms with Crippen molar-refractivity contribution < 1.29 is 0 Å². The summed E-state index contributed by atoms with van der Waals surface area (Å²) in [4.78, 5) is 4.62. The van der Waals surface area contributed by atoms with Gasteiger partial charge in [-0.2, -0.15) is 0 Å². The summed E-state index contributed by atoms with van der Waals surface area (Å²) in [5.41, 5.74) is 3.52. The monoisotopic (exact) mass is 269 g/mol. The van der Waals surface area contributed by atoms with Crippen LogP contribution in [0.15, 0.2) is 24.4 Å². The zero-order valence-corrected chi connectivity index (χ0v) is 12.2. The third-order valence-electron chi connectivity index (χ3n) is 5.41. The number of aromatic nitrogens is 2. The van der Waals surface area contributed by atoms with E-state index in [1.165, 1.54) is 37.9 Å². The van der Waals surface area contributed by atoms with E-state index >= 15 is 0 Å². The number of rotatable bonds is 4. The van der Waals surface area contributed by atoms with Crippen molar-refractivity contribution in [3.8, 4) is 0 Å². The average Bonchev–Trinajstić information content (AvgIpc) is 3.13. The predicted octanol–water partition coefficient (Wildman–Crippen LogP) is 3.17. The summed E-state index contributed by atoms with van der Waals surface area (Å²) in [7, 11) is 0. The van der Waals surface area contributed by atoms with Gasteiger partial charge in [0.05, 0.1) is 11.4 Å². The van der Waals surface area contributed by atoms with Gasteiger partial charge in [-0.05, 0) is 62.6 Å². The summed E-state index contributed by atoms with van der Waals surface area (Å²) < 4.78 is 2.21. The number of hydrogen-bond acceptors (Lipinski definition) is 2. The molecule has 20 heavy (non-hydrogen) atoms. The van der Waals surface area contributed by atoms with Gasteiger partial charge in [0, 0.05) is 12.7 Å². The smallest absolute Gasteiger partial charge is 0.137 e. The van der Waals surface area contributed by atoms with Crippen LogP contribution in [-0.4, -0.2) is 15.9 Å². The number of nitrogens with one attached hydrogen (secondary N) is 1. The van der Waals surface area contributed by atoms with Crippen LogP contribution in [0.4, 0.5) is 0 Å². The van der Waals surface area contributed by atoms with Gasteiger partial charge in [-0.3, -0.25) is 0 Å². The molecule has 2 aromatic rings. The first-order valence-corrected chi connectivity index (χ1v) is 7.94. The average molecular weight is 269 g/mol. The lowest BCUT2D eigenvalue weighted by atomic mass is 9.89. The second kappa shape index (κ2) is 4.88. The van der Waals surface area contributed by atoms with Crippen LogP contribution in [0.3, 0.4) is 0 Å². The Bertz CT molecular complexity index is 616. The van der Waals surface area contributed by atoms with Crippen molar-refractivity contribution in [2.45, 2.75) is 39.2 Å². The first kappa shape index (κ1) is 12.4. The molecule has 2 aliphatic rings. The standard InChI is InChI=1S/C17H23N3/c1-12-16(20-7-3-2-4-17(20)19-12)11-18-10-15-9-13-5-6-14(15)8-13/h2-4,7,13-15,18H,5-6,8-11H2,1H3. The molecule has 106 valence electrons. The van der Waals surface area contributed by atoms with E-state index in [1.807, 2.05) is 6.07 Å². The van der Waals surface area contributed by atoms with Crippen molar-refractivity contribution in [3.63, 3.8) is 0 Å². The van der Waals surface area contributed by atoms with Gasteiger partial charge in [0.25, 0.3) is 0 Å². The van der Waals surface area contributed by atoms with Crippen LogP contribution in [0, 0.1) is 24.7 Å². The highest BCUT2D eigenvalue weighted by Crippen LogP contribution is 2.47. The Balaban J connectivity index is 1.42. The van der Waals surface area contributed by atoms with Crippen molar-refractivity contribution >= 4 is 5.65 Å². The Hall–Kier alpha value is -1.35. The van der Waals surface area contributed by atoms with Crippen molar-refractivity contribution in [3.05, 3.63) is 35.8 Å². The maximum absolute atomic E-state index is 4.62. The Morgan fingerprint density at radius 1 is 1.30 bits per heavy atom. The van der Waals surface area contributed by atoms with E-state index in [2.05, 4.69) is 40.0 Å². The zero-order chi connectivity index (χ0) is 13.5. The van der Waals surface area contributed by atoms with E-state index in [1.54, 1.807) is 0 Å². The number of hydrogen-bond donors (Lipinski definition) is 1. The third kappa shape index (κ3) is 2.05. The largest absolute Gasteiger partial charge is 0.311 e. The van der Waals surface area contributed by atoms with Gasteiger partial charge in [-0.25, -0.2) is 4.98 Å². The Kier molecular flexibility index (Phi) is 3.03. The summed E-state index contributed by atoms with van der Waals surface area (Å²) in [6, 6.07) is 6.20. The molecule has 0 saturated heterocycles. The van der Waals surface area contributed by atoms with E-state index in [0.29, 0.717) is 0 Å². The minimum Gasteiger partial charge on any atom is -0.311 e.